The Morgan fingerprint density at radius 3 is 2.72 bits per heavy atom. The maximum atomic E-state index is 13.5. The average molecular weight is 256 g/mol. The first-order chi connectivity index (χ1) is 8.52. The molecule has 0 N–H and O–H groups in total. The van der Waals surface area contributed by atoms with Crippen LogP contribution in [0.3, 0.4) is 0 Å². The number of likely N-dealkylation sites (N-methyl/N-ethyl adjacent to an activating group) is 1. The van der Waals surface area contributed by atoms with Crippen molar-refractivity contribution in [2.24, 2.45) is 0 Å². The fourth-order valence-electron chi connectivity index (χ4n) is 1.97. The lowest BCUT2D eigenvalue weighted by Gasteiger charge is -2.29. The third-order valence-electron chi connectivity index (χ3n) is 2.74. The zero-order valence-electron chi connectivity index (χ0n) is 10.7. The Morgan fingerprint density at radius 1 is 1.56 bits per heavy atom. The molecule has 0 bridgehead atoms. The van der Waals surface area contributed by atoms with Crippen LogP contribution < -0.4 is 4.90 Å². The number of para-hydroxylation sites is 1. The molecule has 1 aromatic carbocycles. The molecule has 1 atom stereocenters. The van der Waals surface area contributed by atoms with Gasteiger partial charge in [0, 0.05) is 19.7 Å². The van der Waals surface area contributed by atoms with Gasteiger partial charge in [0.2, 0.25) is 5.82 Å². The molecule has 6 heteroatoms. The van der Waals surface area contributed by atoms with Gasteiger partial charge in [0.1, 0.15) is 5.69 Å². The van der Waals surface area contributed by atoms with Gasteiger partial charge < -0.3 is 9.64 Å². The van der Waals surface area contributed by atoms with Crippen molar-refractivity contribution in [1.82, 2.24) is 0 Å². The van der Waals surface area contributed by atoms with Gasteiger partial charge in [0.25, 0.3) is 0 Å². The molecule has 18 heavy (non-hydrogen) atoms. The second-order valence-corrected chi connectivity index (χ2v) is 3.96. The smallest absolute Gasteiger partial charge is 0.327 e. The Kier molecular flexibility index (Phi) is 5.03. The van der Waals surface area contributed by atoms with E-state index in [4.69, 9.17) is 4.74 Å². The summed E-state index contributed by atoms with van der Waals surface area (Å²) in [5.41, 5.74) is -0.200. The van der Waals surface area contributed by atoms with Crippen LogP contribution >= 0.6 is 0 Å². The van der Waals surface area contributed by atoms with Gasteiger partial charge in [-0.2, -0.15) is 4.39 Å². The molecule has 0 fully saturated rings. The molecule has 5 nitrogen and oxygen atoms in total. The van der Waals surface area contributed by atoms with E-state index in [2.05, 4.69) is 0 Å². The van der Waals surface area contributed by atoms with Crippen LogP contribution in [0, 0.1) is 15.9 Å². The van der Waals surface area contributed by atoms with Crippen LogP contribution in [0.15, 0.2) is 18.2 Å². The number of halogens is 1. The zero-order valence-corrected chi connectivity index (χ0v) is 10.7. The summed E-state index contributed by atoms with van der Waals surface area (Å²) in [4.78, 5) is 12.0. The van der Waals surface area contributed by atoms with Crippen molar-refractivity contribution in [2.75, 3.05) is 25.2 Å². The van der Waals surface area contributed by atoms with Gasteiger partial charge in [-0.1, -0.05) is 6.07 Å². The lowest BCUT2D eigenvalue weighted by molar-refractivity contribution is -0.386. The van der Waals surface area contributed by atoms with Crippen molar-refractivity contribution in [1.29, 1.82) is 0 Å². The number of anilines is 1. The van der Waals surface area contributed by atoms with Crippen molar-refractivity contribution >= 4 is 11.4 Å². The molecular weight excluding hydrogens is 239 g/mol. The number of methoxy groups -OCH3 is 1. The Balaban J connectivity index is 3.21. The van der Waals surface area contributed by atoms with Crippen LogP contribution in [0.1, 0.15) is 13.8 Å². The fraction of sp³-hybridized carbons (Fsp3) is 0.500. The minimum atomic E-state index is -0.819. The molecule has 0 saturated carbocycles. The first-order valence-electron chi connectivity index (χ1n) is 5.71. The molecule has 0 aromatic heterocycles. The van der Waals surface area contributed by atoms with E-state index in [9.17, 15) is 14.5 Å². The van der Waals surface area contributed by atoms with E-state index in [1.54, 1.807) is 18.1 Å². The first kappa shape index (κ1) is 14.4. The highest BCUT2D eigenvalue weighted by Crippen LogP contribution is 2.31. The minimum absolute atomic E-state index is 0.0690. The Bertz CT molecular complexity index is 426. The molecule has 0 radical (unpaired) electrons. The molecule has 0 aliphatic rings. The van der Waals surface area contributed by atoms with Gasteiger partial charge in [0.05, 0.1) is 11.5 Å². The molecule has 0 saturated heterocycles. The number of ether oxygens (including phenoxy) is 1. The molecule has 100 valence electrons. The number of rotatable bonds is 6. The number of hydrogen-bond acceptors (Lipinski definition) is 4. The van der Waals surface area contributed by atoms with E-state index in [0.717, 1.165) is 6.07 Å². The summed E-state index contributed by atoms with van der Waals surface area (Å²) in [5.74, 6) is -0.819. The van der Waals surface area contributed by atoms with Gasteiger partial charge in [-0.05, 0) is 26.0 Å². The highest BCUT2D eigenvalue weighted by molar-refractivity contribution is 5.64. The molecule has 1 aromatic rings. The minimum Gasteiger partial charge on any atom is -0.383 e. The van der Waals surface area contributed by atoms with E-state index < -0.39 is 16.4 Å². The molecule has 1 rings (SSSR count). The van der Waals surface area contributed by atoms with Crippen molar-refractivity contribution in [3.05, 3.63) is 34.1 Å². The monoisotopic (exact) mass is 256 g/mol. The number of benzene rings is 1. The Labute approximate surface area is 105 Å². The predicted molar refractivity (Wildman–Crippen MR) is 67.4 cm³/mol. The summed E-state index contributed by atoms with van der Waals surface area (Å²) < 4.78 is 18.6. The topological polar surface area (TPSA) is 55.6 Å². The third-order valence-corrected chi connectivity index (χ3v) is 2.74. The zero-order chi connectivity index (χ0) is 13.7. The number of nitro benzene ring substituents is 1. The van der Waals surface area contributed by atoms with Gasteiger partial charge in [-0.3, -0.25) is 10.1 Å². The largest absolute Gasteiger partial charge is 0.383 e. The highest BCUT2D eigenvalue weighted by atomic mass is 19.1. The molecule has 0 aliphatic carbocycles. The maximum absolute atomic E-state index is 13.5. The second kappa shape index (κ2) is 6.30. The molecule has 0 spiro atoms. The van der Waals surface area contributed by atoms with Crippen molar-refractivity contribution < 1.29 is 14.1 Å². The van der Waals surface area contributed by atoms with Crippen LogP contribution in [0.4, 0.5) is 15.8 Å². The molecule has 0 amide bonds. The van der Waals surface area contributed by atoms with Gasteiger partial charge in [-0.15, -0.1) is 0 Å². The van der Waals surface area contributed by atoms with Crippen LogP contribution in [-0.4, -0.2) is 31.2 Å². The Hall–Kier alpha value is -1.69. The normalized spacial score (nSPS) is 12.2. The van der Waals surface area contributed by atoms with Crippen molar-refractivity contribution in [3.63, 3.8) is 0 Å². The number of nitrogens with zero attached hydrogens (tertiary/aromatic N) is 2. The van der Waals surface area contributed by atoms with Crippen LogP contribution in [0.25, 0.3) is 0 Å². The Morgan fingerprint density at radius 2 is 2.22 bits per heavy atom. The lowest BCUT2D eigenvalue weighted by Crippen LogP contribution is -2.36. The third kappa shape index (κ3) is 2.95. The number of nitro groups is 1. The SMILES string of the molecule is CCN(c1cccc(F)c1[N+](=O)[O-])C(C)COC. The summed E-state index contributed by atoms with van der Waals surface area (Å²) in [6.45, 7) is 4.69. The summed E-state index contributed by atoms with van der Waals surface area (Å²) in [6.07, 6.45) is 0. The van der Waals surface area contributed by atoms with Crippen molar-refractivity contribution in [3.8, 4) is 0 Å². The van der Waals surface area contributed by atoms with Gasteiger partial charge >= 0.3 is 5.69 Å². The van der Waals surface area contributed by atoms with E-state index in [1.165, 1.54) is 6.07 Å². The lowest BCUT2D eigenvalue weighted by atomic mass is 10.2. The second-order valence-electron chi connectivity index (χ2n) is 3.96. The predicted octanol–water partition coefficient (Wildman–Crippen LogP) is 2.60. The summed E-state index contributed by atoms with van der Waals surface area (Å²) in [5, 5.41) is 11.0. The number of hydrogen-bond donors (Lipinski definition) is 0. The van der Waals surface area contributed by atoms with Crippen molar-refractivity contribution in [2.45, 2.75) is 19.9 Å². The summed E-state index contributed by atoms with van der Waals surface area (Å²) in [7, 11) is 1.56. The average Bonchev–Trinajstić information content (AvgIpc) is 2.29. The van der Waals surface area contributed by atoms with Crippen LogP contribution in [-0.2, 0) is 4.74 Å². The quantitative estimate of drug-likeness (QED) is 0.580. The van der Waals surface area contributed by atoms with E-state index in [1.807, 2.05) is 13.8 Å². The molecular formula is C12H17FN2O3. The molecule has 1 unspecified atom stereocenters. The van der Waals surface area contributed by atoms with E-state index >= 15 is 0 Å². The first-order valence-corrected chi connectivity index (χ1v) is 5.71. The van der Waals surface area contributed by atoms with Crippen LogP contribution in [0.2, 0.25) is 0 Å². The summed E-state index contributed by atoms with van der Waals surface area (Å²) in [6, 6.07) is 4.05. The fourth-order valence-corrected chi connectivity index (χ4v) is 1.97. The summed E-state index contributed by atoms with van der Waals surface area (Å²) >= 11 is 0. The van der Waals surface area contributed by atoms with Gasteiger partial charge in [0.15, 0.2) is 0 Å². The van der Waals surface area contributed by atoms with E-state index in [-0.39, 0.29) is 11.7 Å². The molecule has 0 aliphatic heterocycles. The maximum Gasteiger partial charge on any atom is 0.327 e. The van der Waals surface area contributed by atoms with Gasteiger partial charge in [-0.25, -0.2) is 0 Å². The van der Waals surface area contributed by atoms with E-state index in [0.29, 0.717) is 13.2 Å². The standard InChI is InChI=1S/C12H17FN2O3/c1-4-14(9(2)8-18-3)11-7-5-6-10(13)12(11)15(16)17/h5-7,9H,4,8H2,1-3H3. The molecule has 0 heterocycles. The van der Waals surface area contributed by atoms with Crippen LogP contribution in [0.5, 0.6) is 0 Å². The highest BCUT2D eigenvalue weighted by Gasteiger charge is 2.25.